The highest BCUT2D eigenvalue weighted by Crippen LogP contribution is 2.30. The van der Waals surface area contributed by atoms with Crippen LogP contribution in [0.1, 0.15) is 61.5 Å². The molecule has 3 heterocycles. The first kappa shape index (κ1) is 23.0. The van der Waals surface area contributed by atoms with E-state index in [1.54, 1.807) is 0 Å². The molecule has 0 spiro atoms. The van der Waals surface area contributed by atoms with Crippen LogP contribution >= 0.6 is 15.9 Å². The van der Waals surface area contributed by atoms with E-state index in [1.165, 1.54) is 39.7 Å². The van der Waals surface area contributed by atoms with Crippen molar-refractivity contribution >= 4 is 40.0 Å². The largest absolute Gasteiger partial charge is 0.361 e. The van der Waals surface area contributed by atoms with Crippen LogP contribution < -0.4 is 0 Å². The van der Waals surface area contributed by atoms with Gasteiger partial charge in [0.05, 0.1) is 11.4 Å². The molecule has 3 N–H and O–H groups in total. The molecule has 2 aromatic heterocycles. The number of nitrogens with one attached hydrogen (secondary N) is 3. The van der Waals surface area contributed by atoms with E-state index in [-0.39, 0.29) is 0 Å². The average Bonchev–Trinajstić information content (AvgIpc) is 3.36. The van der Waals surface area contributed by atoms with Gasteiger partial charge in [-0.2, -0.15) is 0 Å². The summed E-state index contributed by atoms with van der Waals surface area (Å²) in [6, 6.07) is 2.13. The molecule has 2 aromatic rings. The fraction of sp³-hybridized carbons (Fsp3) is 0.308. The minimum absolute atomic E-state index is 0.775. The number of hydrogen-bond acceptors (Lipinski definition) is 2. The monoisotopic (exact) mass is 478 g/mol. The maximum Gasteiger partial charge on any atom is 0.0686 e. The van der Waals surface area contributed by atoms with Gasteiger partial charge in [-0.05, 0) is 106 Å². The average molecular weight is 479 g/mol. The third kappa shape index (κ3) is 4.82. The molecule has 0 amide bonds. The summed E-state index contributed by atoms with van der Waals surface area (Å²) in [6.45, 7) is 14.7. The van der Waals surface area contributed by atoms with Crippen molar-refractivity contribution < 1.29 is 0 Å². The highest BCUT2D eigenvalue weighted by atomic mass is 79.9. The second-order valence-electron chi connectivity index (χ2n) is 8.36. The number of halogens is 1. The second-order valence-corrected chi connectivity index (χ2v) is 9.21. The Balaban J connectivity index is 1.92. The molecule has 0 saturated heterocycles. The second kappa shape index (κ2) is 9.23. The first-order valence-corrected chi connectivity index (χ1v) is 11.3. The number of H-pyrrole nitrogens is 2. The normalized spacial score (nSPS) is 16.8. The highest BCUT2D eigenvalue weighted by molar-refractivity contribution is 9.12. The molecular formula is C26H31BrN4. The number of nitrogens with zero attached hydrogens (tertiary/aromatic N) is 1. The first-order valence-electron chi connectivity index (χ1n) is 10.5. The van der Waals surface area contributed by atoms with Crippen LogP contribution in [0.15, 0.2) is 49.7 Å². The van der Waals surface area contributed by atoms with Gasteiger partial charge in [0.25, 0.3) is 0 Å². The number of aryl methyl sites for hydroxylation is 1. The molecule has 0 aliphatic carbocycles. The van der Waals surface area contributed by atoms with Gasteiger partial charge in [0.1, 0.15) is 0 Å². The third-order valence-corrected chi connectivity index (χ3v) is 7.09. The summed E-state index contributed by atoms with van der Waals surface area (Å²) in [4.78, 5) is 11.9. The minimum atomic E-state index is 0.775. The number of aromatic amines is 2. The molecule has 0 atom stereocenters. The lowest BCUT2D eigenvalue weighted by Gasteiger charge is -2.03. The van der Waals surface area contributed by atoms with E-state index in [4.69, 9.17) is 10.4 Å². The zero-order chi connectivity index (χ0) is 22.9. The molecule has 1 aliphatic heterocycles. The predicted molar refractivity (Wildman–Crippen MR) is 137 cm³/mol. The van der Waals surface area contributed by atoms with Crippen LogP contribution in [0.25, 0.3) is 12.2 Å². The summed E-state index contributed by atoms with van der Waals surface area (Å²) >= 11 is 3.67. The Morgan fingerprint density at radius 1 is 1.10 bits per heavy atom. The minimum Gasteiger partial charge on any atom is -0.361 e. The highest BCUT2D eigenvalue weighted by Gasteiger charge is 2.20. The van der Waals surface area contributed by atoms with Crippen LogP contribution in [-0.2, 0) is 6.42 Å². The van der Waals surface area contributed by atoms with Gasteiger partial charge < -0.3 is 15.4 Å². The van der Waals surface area contributed by atoms with Crippen LogP contribution in [0.2, 0.25) is 0 Å². The van der Waals surface area contributed by atoms with Crippen molar-refractivity contribution in [1.29, 1.82) is 5.41 Å². The Hall–Kier alpha value is -2.66. The SMILES string of the molecule is CC1=C(C)C(Cc2[nH]c(/C=C(Br)/C(C)=C(/C)C=N)c(C)c2C)=NC1=Cc1cc(C)c[nH]1. The van der Waals surface area contributed by atoms with Crippen molar-refractivity contribution in [3.8, 4) is 0 Å². The molecule has 0 aromatic carbocycles. The Labute approximate surface area is 193 Å². The van der Waals surface area contributed by atoms with Crippen molar-refractivity contribution in [2.24, 2.45) is 4.99 Å². The van der Waals surface area contributed by atoms with Crippen LogP contribution in [-0.4, -0.2) is 21.9 Å². The lowest BCUT2D eigenvalue weighted by Crippen LogP contribution is -2.04. The molecule has 0 fully saturated rings. The van der Waals surface area contributed by atoms with Gasteiger partial charge in [0.15, 0.2) is 0 Å². The lowest BCUT2D eigenvalue weighted by molar-refractivity contribution is 1.14. The summed E-state index contributed by atoms with van der Waals surface area (Å²) in [5.41, 5.74) is 13.7. The number of aromatic nitrogens is 2. The van der Waals surface area contributed by atoms with Crippen molar-refractivity contribution in [3.05, 3.63) is 78.5 Å². The van der Waals surface area contributed by atoms with Crippen molar-refractivity contribution in [1.82, 2.24) is 9.97 Å². The fourth-order valence-electron chi connectivity index (χ4n) is 3.59. The van der Waals surface area contributed by atoms with E-state index in [2.05, 4.69) is 78.7 Å². The quantitative estimate of drug-likeness (QED) is 0.286. The molecule has 5 heteroatoms. The van der Waals surface area contributed by atoms with Gasteiger partial charge in [-0.1, -0.05) is 15.9 Å². The van der Waals surface area contributed by atoms with Crippen molar-refractivity contribution in [3.63, 3.8) is 0 Å². The molecular weight excluding hydrogens is 448 g/mol. The van der Waals surface area contributed by atoms with Gasteiger partial charge in [-0.25, -0.2) is 0 Å². The van der Waals surface area contributed by atoms with Gasteiger partial charge >= 0.3 is 0 Å². The zero-order valence-corrected chi connectivity index (χ0v) is 21.0. The molecule has 31 heavy (non-hydrogen) atoms. The molecule has 0 unspecified atom stereocenters. The van der Waals surface area contributed by atoms with Crippen LogP contribution in [0, 0.1) is 26.2 Å². The predicted octanol–water partition coefficient (Wildman–Crippen LogP) is 7.36. The molecule has 3 rings (SSSR count). The number of hydrogen-bond donors (Lipinski definition) is 3. The van der Waals surface area contributed by atoms with E-state index in [9.17, 15) is 0 Å². The van der Waals surface area contributed by atoms with Crippen LogP contribution in [0.4, 0.5) is 0 Å². The summed E-state index contributed by atoms with van der Waals surface area (Å²) in [5.74, 6) is 0. The Morgan fingerprint density at radius 3 is 2.42 bits per heavy atom. The lowest BCUT2D eigenvalue weighted by atomic mass is 10.0. The van der Waals surface area contributed by atoms with Crippen molar-refractivity contribution in [2.45, 2.75) is 54.9 Å². The number of allylic oxidation sites excluding steroid dienone is 5. The first-order chi connectivity index (χ1) is 14.6. The Bertz CT molecular complexity index is 1190. The van der Waals surface area contributed by atoms with E-state index in [0.29, 0.717) is 0 Å². The summed E-state index contributed by atoms with van der Waals surface area (Å²) in [6.07, 6.45) is 8.40. The summed E-state index contributed by atoms with van der Waals surface area (Å²) in [5, 5.41) is 7.48. The Kier molecular flexibility index (Phi) is 6.85. The summed E-state index contributed by atoms with van der Waals surface area (Å²) in [7, 11) is 0. The topological polar surface area (TPSA) is 67.8 Å². The maximum absolute atomic E-state index is 7.48. The van der Waals surface area contributed by atoms with Crippen molar-refractivity contribution in [2.75, 3.05) is 0 Å². The van der Waals surface area contributed by atoms with Gasteiger partial charge in [0.2, 0.25) is 0 Å². The van der Waals surface area contributed by atoms with E-state index < -0.39 is 0 Å². The van der Waals surface area contributed by atoms with E-state index in [0.717, 1.165) is 44.8 Å². The standard InChI is InChI=1S/C26H31BrN4/c1-14-8-21(29-13-14)9-23-17(4)19(6)25(30-23)11-26-20(7)18(5)24(31-26)10-22(27)16(3)15(2)12-28/h8-10,12-13,28-29,31H,11H2,1-7H3/b16-15-,22-10-,23-9?,28-12?. The number of aliphatic imine (C=N–C) groups is 1. The number of rotatable bonds is 6. The summed E-state index contributed by atoms with van der Waals surface area (Å²) < 4.78 is 0.987. The molecule has 0 saturated carbocycles. The molecule has 0 radical (unpaired) electrons. The van der Waals surface area contributed by atoms with Gasteiger partial charge in [0, 0.05) is 40.4 Å². The van der Waals surface area contributed by atoms with Crippen LogP contribution in [0.3, 0.4) is 0 Å². The maximum atomic E-state index is 7.48. The Morgan fingerprint density at radius 2 is 1.81 bits per heavy atom. The molecule has 1 aliphatic rings. The smallest absolute Gasteiger partial charge is 0.0686 e. The molecule has 162 valence electrons. The molecule has 0 bridgehead atoms. The van der Waals surface area contributed by atoms with Gasteiger partial charge in [-0.3, -0.25) is 4.99 Å². The molecule has 4 nitrogen and oxygen atoms in total. The van der Waals surface area contributed by atoms with E-state index in [1.807, 2.05) is 20.0 Å². The van der Waals surface area contributed by atoms with E-state index >= 15 is 0 Å². The fourth-order valence-corrected chi connectivity index (χ4v) is 4.13. The third-order valence-electron chi connectivity index (χ3n) is 6.26. The van der Waals surface area contributed by atoms with Gasteiger partial charge in [-0.15, -0.1) is 0 Å². The van der Waals surface area contributed by atoms with Crippen LogP contribution in [0.5, 0.6) is 0 Å². The zero-order valence-electron chi connectivity index (χ0n) is 19.4.